The first kappa shape index (κ1) is 14.5. The van der Waals surface area contributed by atoms with Crippen LogP contribution in [0, 0.1) is 5.92 Å². The van der Waals surface area contributed by atoms with E-state index in [4.69, 9.17) is 5.14 Å². The van der Waals surface area contributed by atoms with Gasteiger partial charge in [0.15, 0.2) is 0 Å². The minimum Gasteiger partial charge on any atom is -0.310 e. The topological polar surface area (TPSA) is 72.2 Å². The molecule has 0 spiro atoms. The molecule has 2 atom stereocenters. The molecule has 2 unspecified atom stereocenters. The van der Waals surface area contributed by atoms with E-state index in [1.807, 2.05) is 6.07 Å². The van der Waals surface area contributed by atoms with E-state index in [9.17, 15) is 8.42 Å². The highest BCUT2D eigenvalue weighted by Crippen LogP contribution is 2.28. The van der Waals surface area contributed by atoms with Crippen molar-refractivity contribution in [1.29, 1.82) is 0 Å². The van der Waals surface area contributed by atoms with E-state index >= 15 is 0 Å². The number of rotatable bonds is 5. The third-order valence-corrected chi connectivity index (χ3v) is 4.89. The van der Waals surface area contributed by atoms with Crippen molar-refractivity contribution in [2.24, 2.45) is 11.1 Å². The fraction of sp³-hybridized carbons (Fsp3) is 0.571. The average molecular weight is 282 g/mol. The van der Waals surface area contributed by atoms with Gasteiger partial charge in [0.1, 0.15) is 0 Å². The minimum atomic E-state index is -3.61. The van der Waals surface area contributed by atoms with Gasteiger partial charge in [0.2, 0.25) is 10.0 Å². The molecule has 0 aliphatic heterocycles. The van der Waals surface area contributed by atoms with Crippen LogP contribution in [-0.4, -0.2) is 14.5 Å². The van der Waals surface area contributed by atoms with Crippen molar-refractivity contribution < 1.29 is 8.42 Å². The van der Waals surface area contributed by atoms with Crippen molar-refractivity contribution in [1.82, 2.24) is 5.32 Å². The maximum absolute atomic E-state index is 11.3. The molecule has 1 aromatic carbocycles. The van der Waals surface area contributed by atoms with Crippen molar-refractivity contribution in [2.75, 3.05) is 0 Å². The first-order valence-electron chi connectivity index (χ1n) is 6.86. The largest absolute Gasteiger partial charge is 0.310 e. The Hall–Kier alpha value is -0.910. The highest BCUT2D eigenvalue weighted by atomic mass is 32.2. The van der Waals surface area contributed by atoms with Crippen molar-refractivity contribution in [2.45, 2.75) is 50.1 Å². The highest BCUT2D eigenvalue weighted by Gasteiger charge is 2.24. The molecule has 1 fully saturated rings. The van der Waals surface area contributed by atoms with Gasteiger partial charge in [-0.25, -0.2) is 13.6 Å². The molecule has 1 aliphatic carbocycles. The molecule has 0 heterocycles. The predicted octanol–water partition coefficient (Wildman–Crippen LogP) is 2.00. The first-order chi connectivity index (χ1) is 9.00. The van der Waals surface area contributed by atoms with Crippen molar-refractivity contribution >= 4 is 10.0 Å². The lowest BCUT2D eigenvalue weighted by molar-refractivity contribution is 0.389. The molecule has 0 radical (unpaired) electrons. The molecular formula is C14H22N2O2S. The van der Waals surface area contributed by atoms with E-state index in [0.29, 0.717) is 12.6 Å². The smallest absolute Gasteiger partial charge is 0.238 e. The predicted molar refractivity (Wildman–Crippen MR) is 76.1 cm³/mol. The number of hydrogen-bond donors (Lipinski definition) is 2. The molecule has 0 saturated heterocycles. The summed E-state index contributed by atoms with van der Waals surface area (Å²) in [5, 5.41) is 8.68. The second kappa shape index (κ2) is 6.03. The molecule has 5 heteroatoms. The maximum Gasteiger partial charge on any atom is 0.238 e. The zero-order valence-corrected chi connectivity index (χ0v) is 12.1. The SMILES string of the molecule is CCC1CCCC1NCc1cccc(S(N)(=O)=O)c1. The van der Waals surface area contributed by atoms with Gasteiger partial charge in [-0.15, -0.1) is 0 Å². The quantitative estimate of drug-likeness (QED) is 0.867. The molecule has 0 aromatic heterocycles. The van der Waals surface area contributed by atoms with E-state index in [-0.39, 0.29) is 4.90 Å². The Morgan fingerprint density at radius 3 is 2.84 bits per heavy atom. The molecule has 2 rings (SSSR count). The summed E-state index contributed by atoms with van der Waals surface area (Å²) in [6.07, 6.45) is 5.00. The Morgan fingerprint density at radius 2 is 2.16 bits per heavy atom. The van der Waals surface area contributed by atoms with E-state index in [0.717, 1.165) is 11.5 Å². The first-order valence-corrected chi connectivity index (χ1v) is 8.40. The fourth-order valence-electron chi connectivity index (χ4n) is 2.88. The van der Waals surface area contributed by atoms with Crippen LogP contribution in [0.5, 0.6) is 0 Å². The standard InChI is InChI=1S/C14H22N2O2S/c1-2-12-6-4-8-14(12)16-10-11-5-3-7-13(9-11)19(15,17)18/h3,5,7,9,12,14,16H,2,4,6,8,10H2,1H3,(H2,15,17,18). The van der Waals surface area contributed by atoms with Gasteiger partial charge in [0, 0.05) is 12.6 Å². The van der Waals surface area contributed by atoms with Gasteiger partial charge in [0.05, 0.1) is 4.90 Å². The molecule has 106 valence electrons. The summed E-state index contributed by atoms with van der Waals surface area (Å²) in [4.78, 5) is 0.185. The summed E-state index contributed by atoms with van der Waals surface area (Å²) in [6, 6.07) is 7.41. The van der Waals surface area contributed by atoms with Gasteiger partial charge < -0.3 is 5.32 Å². The van der Waals surface area contributed by atoms with E-state index in [1.165, 1.54) is 31.7 Å². The van der Waals surface area contributed by atoms with Crippen LogP contribution in [0.4, 0.5) is 0 Å². The van der Waals surface area contributed by atoms with Gasteiger partial charge in [-0.2, -0.15) is 0 Å². The fourth-order valence-corrected chi connectivity index (χ4v) is 3.46. The summed E-state index contributed by atoms with van der Waals surface area (Å²) < 4.78 is 22.6. The van der Waals surface area contributed by atoms with E-state index in [1.54, 1.807) is 12.1 Å². The Morgan fingerprint density at radius 1 is 1.37 bits per heavy atom. The van der Waals surface area contributed by atoms with Gasteiger partial charge in [-0.3, -0.25) is 0 Å². The molecule has 4 nitrogen and oxygen atoms in total. The number of benzene rings is 1. The van der Waals surface area contributed by atoms with Crippen LogP contribution in [0.3, 0.4) is 0 Å². The summed E-state index contributed by atoms with van der Waals surface area (Å²) in [7, 11) is -3.61. The van der Waals surface area contributed by atoms with Crippen LogP contribution < -0.4 is 10.5 Å². The number of sulfonamides is 1. The maximum atomic E-state index is 11.3. The van der Waals surface area contributed by atoms with Crippen LogP contribution in [-0.2, 0) is 16.6 Å². The molecule has 1 aromatic rings. The lowest BCUT2D eigenvalue weighted by Crippen LogP contribution is -2.31. The van der Waals surface area contributed by atoms with Gasteiger partial charge in [-0.1, -0.05) is 31.9 Å². The van der Waals surface area contributed by atoms with Crippen molar-refractivity contribution in [3.8, 4) is 0 Å². The summed E-state index contributed by atoms with van der Waals surface area (Å²) in [5.41, 5.74) is 0.966. The zero-order valence-electron chi connectivity index (χ0n) is 11.3. The van der Waals surface area contributed by atoms with Gasteiger partial charge in [-0.05, 0) is 36.5 Å². The number of primary sulfonamides is 1. The molecule has 3 N–H and O–H groups in total. The third kappa shape index (κ3) is 3.78. The lowest BCUT2D eigenvalue weighted by atomic mass is 10.0. The summed E-state index contributed by atoms with van der Waals surface area (Å²) >= 11 is 0. The number of nitrogens with one attached hydrogen (secondary N) is 1. The van der Waals surface area contributed by atoms with Crippen LogP contribution in [0.2, 0.25) is 0 Å². The normalized spacial score (nSPS) is 23.7. The van der Waals surface area contributed by atoms with E-state index in [2.05, 4.69) is 12.2 Å². The van der Waals surface area contributed by atoms with Crippen LogP contribution in [0.1, 0.15) is 38.2 Å². The van der Waals surface area contributed by atoms with Gasteiger partial charge in [0.25, 0.3) is 0 Å². The Kier molecular flexibility index (Phi) is 4.60. The second-order valence-corrected chi connectivity index (χ2v) is 6.84. The Labute approximate surface area is 115 Å². The lowest BCUT2D eigenvalue weighted by Gasteiger charge is -2.19. The summed E-state index contributed by atoms with van der Waals surface area (Å²) in [6.45, 7) is 2.93. The zero-order chi connectivity index (χ0) is 13.9. The molecule has 1 aliphatic rings. The van der Waals surface area contributed by atoms with Crippen LogP contribution in [0.25, 0.3) is 0 Å². The van der Waals surface area contributed by atoms with Gasteiger partial charge >= 0.3 is 0 Å². The average Bonchev–Trinajstić information content (AvgIpc) is 2.83. The molecular weight excluding hydrogens is 260 g/mol. The van der Waals surface area contributed by atoms with Crippen molar-refractivity contribution in [3.63, 3.8) is 0 Å². The molecule has 0 bridgehead atoms. The monoisotopic (exact) mass is 282 g/mol. The molecule has 1 saturated carbocycles. The number of hydrogen-bond acceptors (Lipinski definition) is 3. The Bertz CT molecular complexity index is 528. The molecule has 0 amide bonds. The number of nitrogens with two attached hydrogens (primary N) is 1. The highest BCUT2D eigenvalue weighted by molar-refractivity contribution is 7.89. The van der Waals surface area contributed by atoms with E-state index < -0.39 is 10.0 Å². The molecule has 19 heavy (non-hydrogen) atoms. The second-order valence-electron chi connectivity index (χ2n) is 5.28. The van der Waals surface area contributed by atoms with Crippen molar-refractivity contribution in [3.05, 3.63) is 29.8 Å². The minimum absolute atomic E-state index is 0.185. The van der Waals surface area contributed by atoms with Crippen LogP contribution in [0.15, 0.2) is 29.2 Å². The summed E-state index contributed by atoms with van der Waals surface area (Å²) in [5.74, 6) is 0.751. The Balaban J connectivity index is 2.00. The third-order valence-electron chi connectivity index (χ3n) is 3.98. The van der Waals surface area contributed by atoms with Crippen LogP contribution >= 0.6 is 0 Å².